The summed E-state index contributed by atoms with van der Waals surface area (Å²) in [7, 11) is 1.44. The van der Waals surface area contributed by atoms with E-state index in [-0.39, 0.29) is 43.3 Å². The minimum Gasteiger partial charge on any atom is -0.508 e. The highest BCUT2D eigenvalue weighted by molar-refractivity contribution is 6.23. The minimum atomic E-state index is -2.04. The van der Waals surface area contributed by atoms with Crippen molar-refractivity contribution in [2.75, 3.05) is 38.3 Å². The van der Waals surface area contributed by atoms with Crippen LogP contribution in [-0.2, 0) is 34.0 Å². The predicted octanol–water partition coefficient (Wildman–Crippen LogP) is 4.16. The fourth-order valence-corrected chi connectivity index (χ4v) is 8.46. The molecule has 6 atom stereocenters. The molecule has 5 amide bonds. The quantitative estimate of drug-likeness (QED) is 0.0787. The first-order valence-electron chi connectivity index (χ1n) is 18.6. The number of hydrogen-bond donors (Lipinski definition) is 4. The van der Waals surface area contributed by atoms with Gasteiger partial charge in [0.15, 0.2) is 0 Å². The molecule has 296 valence electrons. The van der Waals surface area contributed by atoms with Gasteiger partial charge in [0.2, 0.25) is 11.8 Å². The van der Waals surface area contributed by atoms with Crippen LogP contribution in [0.5, 0.6) is 5.75 Å². The van der Waals surface area contributed by atoms with E-state index < -0.39 is 65.5 Å². The molecule has 0 saturated carbocycles. The van der Waals surface area contributed by atoms with Crippen LogP contribution in [0.2, 0.25) is 0 Å². The van der Waals surface area contributed by atoms with Crippen LogP contribution in [-0.4, -0.2) is 79.4 Å². The molecule has 2 fully saturated rings. The normalized spacial score (nSPS) is 23.2. The number of urea groups is 1. The summed E-state index contributed by atoms with van der Waals surface area (Å²) in [5.41, 5.74) is 5.76. The van der Waals surface area contributed by atoms with Gasteiger partial charge in [-0.2, -0.15) is 0 Å². The average Bonchev–Trinajstić information content (AvgIpc) is 3.68. The van der Waals surface area contributed by atoms with Gasteiger partial charge in [0.05, 0.1) is 36.8 Å². The number of phenolic OH excluding ortho intramolecular Hbond substituents is 1. The molecular weight excluding hydrogens is 743 g/mol. The van der Waals surface area contributed by atoms with Gasteiger partial charge in [-0.05, 0) is 52.6 Å². The number of morpholine rings is 1. The van der Waals surface area contributed by atoms with E-state index in [2.05, 4.69) is 29.1 Å². The van der Waals surface area contributed by atoms with Crippen molar-refractivity contribution in [3.8, 4) is 17.6 Å². The Labute approximate surface area is 334 Å². The molecule has 0 unspecified atom stereocenters. The molecule has 14 heteroatoms. The van der Waals surface area contributed by atoms with E-state index in [4.69, 9.17) is 19.9 Å². The lowest BCUT2D eigenvalue weighted by atomic mass is 9.65. The number of fused-ring (bicyclic) bond motifs is 3. The molecule has 7 rings (SSSR count). The summed E-state index contributed by atoms with van der Waals surface area (Å²) < 4.78 is 17.1. The van der Waals surface area contributed by atoms with Crippen LogP contribution in [0.3, 0.4) is 0 Å². The number of carbonyl (C=O) groups is 5. The van der Waals surface area contributed by atoms with E-state index in [0.717, 1.165) is 10.5 Å². The zero-order valence-corrected chi connectivity index (χ0v) is 31.5. The lowest BCUT2D eigenvalue weighted by molar-refractivity contribution is -0.178. The number of primary amides is 1. The van der Waals surface area contributed by atoms with Gasteiger partial charge in [-0.1, -0.05) is 90.7 Å². The molecule has 3 aliphatic rings. The van der Waals surface area contributed by atoms with Crippen LogP contribution < -0.4 is 21.3 Å². The number of nitrogens with two attached hydrogens (primary N) is 1. The Balaban J connectivity index is 1.56. The van der Waals surface area contributed by atoms with Crippen LogP contribution >= 0.6 is 0 Å². The molecule has 0 radical (unpaired) electrons. The number of nitrogens with one attached hydrogen (secondary N) is 2. The summed E-state index contributed by atoms with van der Waals surface area (Å²) in [6, 6.07) is 25.3. The van der Waals surface area contributed by atoms with Crippen LogP contribution in [0.4, 0.5) is 15.3 Å². The van der Waals surface area contributed by atoms with Gasteiger partial charge in [-0.3, -0.25) is 19.3 Å². The molecule has 0 aromatic heterocycles. The van der Waals surface area contributed by atoms with Gasteiger partial charge in [-0.25, -0.2) is 14.5 Å². The third-order valence-corrected chi connectivity index (χ3v) is 10.7. The van der Waals surface area contributed by atoms with Crippen molar-refractivity contribution in [2.45, 2.75) is 29.6 Å². The Hall–Kier alpha value is -6.95. The molecule has 1 spiro atoms. The van der Waals surface area contributed by atoms with Gasteiger partial charge in [0.1, 0.15) is 29.9 Å². The number of esters is 1. The molecule has 2 saturated heterocycles. The number of nitrogens with zero attached hydrogens (tertiary/aromatic N) is 2. The number of amides is 5. The fraction of sp³-hybridized carbons (Fsp3) is 0.250. The van der Waals surface area contributed by atoms with Crippen molar-refractivity contribution in [1.82, 2.24) is 15.5 Å². The van der Waals surface area contributed by atoms with Crippen LogP contribution in [0.1, 0.15) is 46.0 Å². The summed E-state index contributed by atoms with van der Waals surface area (Å²) in [4.78, 5) is 74.0. The van der Waals surface area contributed by atoms with Gasteiger partial charge < -0.3 is 35.7 Å². The van der Waals surface area contributed by atoms with Gasteiger partial charge in [-0.15, -0.1) is 6.58 Å². The standard InChI is InChI=1S/C44H41N5O9/c1-3-22-46-39(51)34-36-40(52)58-37(29-14-8-5-9-15-29)35(28-12-6-4-7-13-28)49(36)38(30-17-19-31(50)20-18-30)44(34)32-26-27(11-10-23-47-42(45)54)16-21-33(32)48(41(44)53)43(55)57-25-24-56-2/h3-9,12-21,26,34-38,50H,1,22-25H2,2H3,(H,46,51)(H3,45,47,54)/t34-,35-,36-,37+,38+,44-/m0/s1. The summed E-state index contributed by atoms with van der Waals surface area (Å²) in [5.74, 6) is 1.97. The molecule has 14 nitrogen and oxygen atoms in total. The Kier molecular flexibility index (Phi) is 11.3. The van der Waals surface area contributed by atoms with E-state index in [9.17, 15) is 24.3 Å². The average molecular weight is 784 g/mol. The zero-order valence-electron chi connectivity index (χ0n) is 31.5. The van der Waals surface area contributed by atoms with Crippen molar-refractivity contribution >= 4 is 35.6 Å². The van der Waals surface area contributed by atoms with Crippen LogP contribution in [0, 0.1) is 17.8 Å². The van der Waals surface area contributed by atoms with Crippen LogP contribution in [0.25, 0.3) is 0 Å². The fourth-order valence-electron chi connectivity index (χ4n) is 8.46. The maximum atomic E-state index is 15.9. The maximum Gasteiger partial charge on any atom is 0.421 e. The van der Waals surface area contributed by atoms with Crippen LogP contribution in [0.15, 0.2) is 116 Å². The topological polar surface area (TPSA) is 190 Å². The van der Waals surface area contributed by atoms with Crippen molar-refractivity contribution in [2.24, 2.45) is 11.7 Å². The van der Waals surface area contributed by atoms with Crippen molar-refractivity contribution in [1.29, 1.82) is 0 Å². The zero-order chi connectivity index (χ0) is 41.0. The number of hydrogen-bond acceptors (Lipinski definition) is 10. The summed E-state index contributed by atoms with van der Waals surface area (Å²) in [5, 5.41) is 15.8. The lowest BCUT2D eigenvalue weighted by Crippen LogP contribution is -2.55. The van der Waals surface area contributed by atoms with E-state index in [1.54, 1.807) is 24.3 Å². The minimum absolute atomic E-state index is 0.00594. The van der Waals surface area contributed by atoms with Crippen molar-refractivity contribution < 1.29 is 43.3 Å². The van der Waals surface area contributed by atoms with Gasteiger partial charge in [0.25, 0.3) is 0 Å². The molecule has 5 N–H and O–H groups in total. The molecule has 3 heterocycles. The monoisotopic (exact) mass is 783 g/mol. The van der Waals surface area contributed by atoms with E-state index in [0.29, 0.717) is 16.7 Å². The highest BCUT2D eigenvalue weighted by atomic mass is 16.6. The summed E-state index contributed by atoms with van der Waals surface area (Å²) in [6.07, 6.45) is -0.460. The second-order valence-corrected chi connectivity index (χ2v) is 13.9. The first-order chi connectivity index (χ1) is 28.1. The summed E-state index contributed by atoms with van der Waals surface area (Å²) in [6.45, 7) is 3.53. The second-order valence-electron chi connectivity index (χ2n) is 13.9. The highest BCUT2D eigenvalue weighted by Crippen LogP contribution is 2.66. The van der Waals surface area contributed by atoms with Crippen molar-refractivity contribution in [3.05, 3.63) is 144 Å². The van der Waals surface area contributed by atoms with Gasteiger partial charge in [0, 0.05) is 19.2 Å². The third-order valence-electron chi connectivity index (χ3n) is 10.7. The first kappa shape index (κ1) is 39.3. The van der Waals surface area contributed by atoms with E-state index in [1.165, 1.54) is 31.4 Å². The number of carbonyl (C=O) groups excluding carboxylic acids is 5. The van der Waals surface area contributed by atoms with Crippen molar-refractivity contribution in [3.63, 3.8) is 0 Å². The molecule has 0 bridgehead atoms. The predicted molar refractivity (Wildman–Crippen MR) is 211 cm³/mol. The molecular formula is C44H41N5O9. The largest absolute Gasteiger partial charge is 0.508 e. The second kappa shape index (κ2) is 16.6. The summed E-state index contributed by atoms with van der Waals surface area (Å²) >= 11 is 0. The molecule has 3 aliphatic heterocycles. The van der Waals surface area contributed by atoms with E-state index in [1.807, 2.05) is 65.6 Å². The Morgan fingerprint density at radius 3 is 2.26 bits per heavy atom. The Morgan fingerprint density at radius 2 is 1.60 bits per heavy atom. The molecule has 4 aromatic rings. The number of benzene rings is 4. The smallest absolute Gasteiger partial charge is 0.421 e. The lowest BCUT2D eigenvalue weighted by Gasteiger charge is -2.46. The number of rotatable bonds is 10. The number of methoxy groups -OCH3 is 1. The Morgan fingerprint density at radius 1 is 0.914 bits per heavy atom. The third kappa shape index (κ3) is 6.91. The molecule has 58 heavy (non-hydrogen) atoms. The number of anilines is 1. The number of ether oxygens (including phenoxy) is 3. The van der Waals surface area contributed by atoms with E-state index >= 15 is 4.79 Å². The first-order valence-corrected chi connectivity index (χ1v) is 18.6. The molecule has 0 aliphatic carbocycles. The van der Waals surface area contributed by atoms with Gasteiger partial charge >= 0.3 is 18.1 Å². The number of phenols is 1. The number of imide groups is 1. The molecule has 4 aromatic carbocycles. The number of cyclic esters (lactones) is 1. The number of aromatic hydroxyl groups is 1. The highest BCUT2D eigenvalue weighted by Gasteiger charge is 2.75. The maximum absolute atomic E-state index is 15.9. The SMILES string of the molecule is C=CCNC(=O)[C@@H]1[C@H]2C(=O)O[C@H](c3ccccc3)[C@H](c3ccccc3)N2[C@H](c2ccc(O)cc2)[C@@]12C(=O)N(C(=O)OCCOC)c1ccc(C#CCNC(N)=O)cc12. The Bertz CT molecular complexity index is 2290.